The summed E-state index contributed by atoms with van der Waals surface area (Å²) < 4.78 is 1.07. The van der Waals surface area contributed by atoms with Crippen molar-refractivity contribution >= 4 is 23.1 Å². The van der Waals surface area contributed by atoms with Crippen LogP contribution in [0.5, 0.6) is 0 Å². The Bertz CT molecular complexity index is 213. The zero-order valence-corrected chi connectivity index (χ0v) is 9.62. The Morgan fingerprint density at radius 3 is 3.15 bits per heavy atom. The SMILES string of the molecule is CCNC(C)CCSc1nncs1. The smallest absolute Gasteiger partial charge is 0.174 e. The van der Waals surface area contributed by atoms with Crippen molar-refractivity contribution in [2.75, 3.05) is 12.3 Å². The highest BCUT2D eigenvalue weighted by Gasteiger charge is 2.01. The van der Waals surface area contributed by atoms with E-state index < -0.39 is 0 Å². The van der Waals surface area contributed by atoms with Gasteiger partial charge in [-0.3, -0.25) is 0 Å². The van der Waals surface area contributed by atoms with E-state index in [-0.39, 0.29) is 0 Å². The van der Waals surface area contributed by atoms with Crippen molar-refractivity contribution in [1.29, 1.82) is 0 Å². The Morgan fingerprint density at radius 1 is 1.69 bits per heavy atom. The lowest BCUT2D eigenvalue weighted by Crippen LogP contribution is -2.25. The van der Waals surface area contributed by atoms with E-state index in [0.29, 0.717) is 6.04 Å². The molecule has 0 amide bonds. The molecule has 1 aromatic heterocycles. The number of nitrogens with zero attached hydrogens (tertiary/aromatic N) is 2. The summed E-state index contributed by atoms with van der Waals surface area (Å²) in [5.74, 6) is 1.11. The van der Waals surface area contributed by atoms with E-state index in [1.165, 1.54) is 6.42 Å². The molecule has 0 aliphatic carbocycles. The molecule has 0 aromatic carbocycles. The molecule has 74 valence electrons. The highest BCUT2D eigenvalue weighted by atomic mass is 32.2. The van der Waals surface area contributed by atoms with Gasteiger partial charge in [0, 0.05) is 11.8 Å². The van der Waals surface area contributed by atoms with Crippen LogP contribution >= 0.6 is 23.1 Å². The normalized spacial score (nSPS) is 13.1. The lowest BCUT2D eigenvalue weighted by molar-refractivity contribution is 0.556. The first-order chi connectivity index (χ1) is 6.33. The fraction of sp³-hybridized carbons (Fsp3) is 0.750. The lowest BCUT2D eigenvalue weighted by atomic mass is 10.3. The van der Waals surface area contributed by atoms with E-state index in [0.717, 1.165) is 16.6 Å². The second-order valence-corrected chi connectivity index (χ2v) is 4.98. The molecule has 1 heterocycles. The second-order valence-electron chi connectivity index (χ2n) is 2.80. The lowest BCUT2D eigenvalue weighted by Gasteiger charge is -2.10. The maximum absolute atomic E-state index is 3.97. The maximum Gasteiger partial charge on any atom is 0.174 e. The van der Waals surface area contributed by atoms with Crippen LogP contribution in [0.1, 0.15) is 20.3 Å². The molecule has 1 aromatic rings. The van der Waals surface area contributed by atoms with Crippen LogP contribution in [0.4, 0.5) is 0 Å². The minimum absolute atomic E-state index is 0.602. The van der Waals surface area contributed by atoms with Crippen LogP contribution in [0, 0.1) is 0 Å². The van der Waals surface area contributed by atoms with Crippen LogP contribution in [0.15, 0.2) is 9.85 Å². The van der Waals surface area contributed by atoms with Gasteiger partial charge in [-0.05, 0) is 19.9 Å². The van der Waals surface area contributed by atoms with Gasteiger partial charge in [-0.25, -0.2) is 0 Å². The van der Waals surface area contributed by atoms with Gasteiger partial charge in [0.1, 0.15) is 5.51 Å². The van der Waals surface area contributed by atoms with E-state index in [1.807, 2.05) is 0 Å². The minimum Gasteiger partial charge on any atom is -0.315 e. The third-order valence-electron chi connectivity index (χ3n) is 1.67. The van der Waals surface area contributed by atoms with Crippen molar-refractivity contribution in [3.8, 4) is 0 Å². The van der Waals surface area contributed by atoms with Crippen LogP contribution in [-0.2, 0) is 0 Å². The van der Waals surface area contributed by atoms with Crippen LogP contribution in [0.3, 0.4) is 0 Å². The molecule has 0 radical (unpaired) electrons. The number of hydrogen-bond acceptors (Lipinski definition) is 5. The van der Waals surface area contributed by atoms with Crippen molar-refractivity contribution in [1.82, 2.24) is 15.5 Å². The van der Waals surface area contributed by atoms with Crippen LogP contribution in [0.2, 0.25) is 0 Å². The van der Waals surface area contributed by atoms with Crippen molar-refractivity contribution < 1.29 is 0 Å². The quantitative estimate of drug-likeness (QED) is 0.740. The summed E-state index contributed by atoms with van der Waals surface area (Å²) in [4.78, 5) is 0. The van der Waals surface area contributed by atoms with E-state index in [1.54, 1.807) is 28.6 Å². The Labute approximate surface area is 87.3 Å². The van der Waals surface area contributed by atoms with Gasteiger partial charge in [-0.2, -0.15) is 0 Å². The predicted molar refractivity (Wildman–Crippen MR) is 58.4 cm³/mol. The van der Waals surface area contributed by atoms with Crippen LogP contribution < -0.4 is 5.32 Å². The summed E-state index contributed by atoms with van der Waals surface area (Å²) >= 11 is 3.39. The monoisotopic (exact) mass is 217 g/mol. The van der Waals surface area contributed by atoms with E-state index >= 15 is 0 Å². The molecule has 0 spiro atoms. The van der Waals surface area contributed by atoms with E-state index in [2.05, 4.69) is 29.4 Å². The van der Waals surface area contributed by atoms with Gasteiger partial charge in [0.05, 0.1) is 0 Å². The van der Waals surface area contributed by atoms with Crippen LogP contribution in [-0.4, -0.2) is 28.5 Å². The molecular weight excluding hydrogens is 202 g/mol. The third kappa shape index (κ3) is 4.59. The van der Waals surface area contributed by atoms with E-state index in [4.69, 9.17) is 0 Å². The van der Waals surface area contributed by atoms with E-state index in [9.17, 15) is 0 Å². The Morgan fingerprint density at radius 2 is 2.54 bits per heavy atom. The zero-order valence-electron chi connectivity index (χ0n) is 7.99. The molecule has 0 fully saturated rings. The van der Waals surface area contributed by atoms with Gasteiger partial charge < -0.3 is 5.32 Å². The van der Waals surface area contributed by atoms with Crippen molar-refractivity contribution in [2.24, 2.45) is 0 Å². The minimum atomic E-state index is 0.602. The number of rotatable bonds is 6. The number of nitrogens with one attached hydrogen (secondary N) is 1. The highest BCUT2D eigenvalue weighted by Crippen LogP contribution is 2.19. The summed E-state index contributed by atoms with van der Waals surface area (Å²) in [5, 5.41) is 11.1. The standard InChI is InChI=1S/C8H15N3S2/c1-3-9-7(2)4-5-12-8-11-10-6-13-8/h6-7,9H,3-5H2,1-2H3. The second kappa shape index (κ2) is 6.34. The Kier molecular flexibility index (Phi) is 5.34. The number of hydrogen-bond donors (Lipinski definition) is 1. The highest BCUT2D eigenvalue weighted by molar-refractivity contribution is 8.00. The average molecular weight is 217 g/mol. The fourth-order valence-corrected chi connectivity index (χ4v) is 2.68. The molecule has 13 heavy (non-hydrogen) atoms. The molecule has 0 saturated heterocycles. The van der Waals surface area contributed by atoms with Gasteiger partial charge in [0.2, 0.25) is 0 Å². The van der Waals surface area contributed by atoms with Gasteiger partial charge in [0.25, 0.3) is 0 Å². The topological polar surface area (TPSA) is 37.8 Å². The summed E-state index contributed by atoms with van der Waals surface area (Å²) in [6.07, 6.45) is 1.18. The van der Waals surface area contributed by atoms with Gasteiger partial charge in [-0.15, -0.1) is 10.2 Å². The Hall–Kier alpha value is -0.130. The summed E-state index contributed by atoms with van der Waals surface area (Å²) in [6.45, 7) is 5.39. The summed E-state index contributed by atoms with van der Waals surface area (Å²) in [5.41, 5.74) is 1.77. The molecular formula is C8H15N3S2. The fourth-order valence-electron chi connectivity index (χ4n) is 0.999. The molecule has 1 rings (SSSR count). The molecule has 0 aliphatic rings. The number of thioether (sulfide) groups is 1. The largest absolute Gasteiger partial charge is 0.315 e. The molecule has 1 unspecified atom stereocenters. The van der Waals surface area contributed by atoms with Gasteiger partial charge in [0.15, 0.2) is 4.34 Å². The van der Waals surface area contributed by atoms with Crippen molar-refractivity contribution in [2.45, 2.75) is 30.6 Å². The zero-order chi connectivity index (χ0) is 9.52. The van der Waals surface area contributed by atoms with Crippen molar-refractivity contribution in [3.63, 3.8) is 0 Å². The van der Waals surface area contributed by atoms with Crippen LogP contribution in [0.25, 0.3) is 0 Å². The first-order valence-corrected chi connectivity index (χ1v) is 6.31. The first kappa shape index (κ1) is 10.9. The van der Waals surface area contributed by atoms with Crippen molar-refractivity contribution in [3.05, 3.63) is 5.51 Å². The molecule has 1 atom stereocenters. The summed E-state index contributed by atoms with van der Waals surface area (Å²) in [6, 6.07) is 0.602. The number of aromatic nitrogens is 2. The maximum atomic E-state index is 3.97. The molecule has 1 N–H and O–H groups in total. The predicted octanol–water partition coefficient (Wildman–Crippen LogP) is 2.02. The first-order valence-electron chi connectivity index (χ1n) is 4.45. The average Bonchev–Trinajstić information content (AvgIpc) is 2.57. The molecule has 0 bridgehead atoms. The van der Waals surface area contributed by atoms with Gasteiger partial charge >= 0.3 is 0 Å². The Balaban J connectivity index is 2.07. The van der Waals surface area contributed by atoms with Gasteiger partial charge in [-0.1, -0.05) is 30.0 Å². The third-order valence-corrected chi connectivity index (χ3v) is 3.56. The summed E-state index contributed by atoms with van der Waals surface area (Å²) in [7, 11) is 0. The molecule has 3 nitrogen and oxygen atoms in total. The molecule has 5 heteroatoms. The molecule has 0 aliphatic heterocycles. The molecule has 0 saturated carbocycles.